The lowest BCUT2D eigenvalue weighted by molar-refractivity contribution is -0.148. The third kappa shape index (κ3) is 3.49. The minimum atomic E-state index is -0.410. The molecule has 0 radical (unpaired) electrons. The Morgan fingerprint density at radius 2 is 2.13 bits per heavy atom. The number of carbonyl (C=O) groups is 2. The van der Waals surface area contributed by atoms with Crippen molar-refractivity contribution in [3.05, 3.63) is 0 Å². The molecule has 1 amide bonds. The summed E-state index contributed by atoms with van der Waals surface area (Å²) in [5.74, 6) is -0.939. The number of primary amides is 1. The molecule has 6 heteroatoms. The van der Waals surface area contributed by atoms with Crippen LogP contribution in [0.1, 0.15) is 6.42 Å². The van der Waals surface area contributed by atoms with Gasteiger partial charge in [-0.15, -0.1) is 0 Å². The number of nitrogens with zero attached hydrogens (tertiary/aromatic N) is 1. The van der Waals surface area contributed by atoms with Gasteiger partial charge in [0, 0.05) is 19.1 Å². The largest absolute Gasteiger partial charge is 0.469 e. The predicted octanol–water partition coefficient (Wildman–Crippen LogP) is -1.71. The van der Waals surface area contributed by atoms with Crippen molar-refractivity contribution in [1.82, 2.24) is 4.90 Å². The van der Waals surface area contributed by atoms with Gasteiger partial charge in [0.05, 0.1) is 19.6 Å². The molecule has 86 valence electrons. The highest BCUT2D eigenvalue weighted by molar-refractivity contribution is 5.76. The van der Waals surface area contributed by atoms with Crippen molar-refractivity contribution in [2.45, 2.75) is 12.5 Å². The first-order chi connectivity index (χ1) is 7.02. The number of methoxy groups -OCH3 is 1. The second-order valence-corrected chi connectivity index (χ2v) is 3.88. The van der Waals surface area contributed by atoms with E-state index in [2.05, 4.69) is 4.74 Å². The van der Waals surface area contributed by atoms with E-state index in [-0.39, 0.29) is 24.5 Å². The quantitative estimate of drug-likeness (QED) is 0.546. The molecule has 4 N–H and O–H groups in total. The fourth-order valence-corrected chi connectivity index (χ4v) is 1.92. The molecule has 0 aromatic rings. The van der Waals surface area contributed by atoms with Crippen LogP contribution in [-0.4, -0.2) is 49.6 Å². The van der Waals surface area contributed by atoms with Gasteiger partial charge >= 0.3 is 5.97 Å². The summed E-state index contributed by atoms with van der Waals surface area (Å²) in [6.07, 6.45) is 0.599. The topological polar surface area (TPSA) is 98.7 Å². The minimum Gasteiger partial charge on any atom is -0.469 e. The molecule has 0 bridgehead atoms. The van der Waals surface area contributed by atoms with E-state index in [1.54, 1.807) is 4.90 Å². The van der Waals surface area contributed by atoms with Crippen LogP contribution in [0.5, 0.6) is 0 Å². The average molecular weight is 215 g/mol. The molecule has 1 heterocycles. The van der Waals surface area contributed by atoms with Crippen LogP contribution in [0, 0.1) is 5.92 Å². The van der Waals surface area contributed by atoms with Gasteiger partial charge in [-0.2, -0.15) is 0 Å². The monoisotopic (exact) mass is 215 g/mol. The van der Waals surface area contributed by atoms with Crippen LogP contribution in [0.15, 0.2) is 0 Å². The van der Waals surface area contributed by atoms with Gasteiger partial charge in [-0.05, 0) is 6.42 Å². The predicted molar refractivity (Wildman–Crippen MR) is 53.7 cm³/mol. The van der Waals surface area contributed by atoms with Gasteiger partial charge in [0.1, 0.15) is 0 Å². The first-order valence-electron chi connectivity index (χ1n) is 4.87. The van der Waals surface area contributed by atoms with Gasteiger partial charge in [0.25, 0.3) is 0 Å². The first-order valence-corrected chi connectivity index (χ1v) is 4.87. The van der Waals surface area contributed by atoms with Crippen molar-refractivity contribution in [2.75, 3.05) is 26.7 Å². The molecule has 1 saturated heterocycles. The smallest absolute Gasteiger partial charge is 0.310 e. The van der Waals surface area contributed by atoms with E-state index in [1.165, 1.54) is 7.11 Å². The molecule has 2 unspecified atom stereocenters. The zero-order chi connectivity index (χ0) is 11.4. The average Bonchev–Trinajstić information content (AvgIpc) is 2.14. The molecule has 0 spiro atoms. The number of carbonyl (C=O) groups excluding carboxylic acids is 2. The Hall–Kier alpha value is -1.14. The molecule has 0 aromatic heterocycles. The van der Waals surface area contributed by atoms with E-state index in [1.807, 2.05) is 0 Å². The van der Waals surface area contributed by atoms with Crippen molar-refractivity contribution >= 4 is 11.9 Å². The van der Waals surface area contributed by atoms with E-state index in [4.69, 9.17) is 11.5 Å². The third-order valence-corrected chi connectivity index (χ3v) is 2.47. The van der Waals surface area contributed by atoms with Gasteiger partial charge in [-0.3, -0.25) is 14.5 Å². The Morgan fingerprint density at radius 3 is 2.67 bits per heavy atom. The summed E-state index contributed by atoms with van der Waals surface area (Å²) in [6.45, 7) is 1.22. The number of hydrogen-bond acceptors (Lipinski definition) is 5. The SMILES string of the molecule is COC(=O)C1CC(N)CN(CC(N)=O)C1. The second-order valence-electron chi connectivity index (χ2n) is 3.88. The summed E-state index contributed by atoms with van der Waals surface area (Å²) in [6, 6.07) is -0.109. The van der Waals surface area contributed by atoms with Crippen molar-refractivity contribution in [3.8, 4) is 0 Å². The van der Waals surface area contributed by atoms with E-state index in [0.29, 0.717) is 19.5 Å². The second kappa shape index (κ2) is 5.09. The van der Waals surface area contributed by atoms with Crippen LogP contribution < -0.4 is 11.5 Å². The van der Waals surface area contributed by atoms with Crippen LogP contribution in [-0.2, 0) is 14.3 Å². The summed E-state index contributed by atoms with van der Waals surface area (Å²) in [5, 5.41) is 0. The molecule has 1 aliphatic rings. The Balaban J connectivity index is 2.55. The van der Waals surface area contributed by atoms with Crippen molar-refractivity contribution < 1.29 is 14.3 Å². The summed E-state index contributed by atoms with van der Waals surface area (Å²) in [7, 11) is 1.35. The van der Waals surface area contributed by atoms with E-state index >= 15 is 0 Å². The lowest BCUT2D eigenvalue weighted by Gasteiger charge is -2.34. The highest BCUT2D eigenvalue weighted by Crippen LogP contribution is 2.16. The number of nitrogens with two attached hydrogens (primary N) is 2. The molecule has 1 aliphatic heterocycles. The zero-order valence-electron chi connectivity index (χ0n) is 8.81. The van der Waals surface area contributed by atoms with Gasteiger partial charge in [0.2, 0.25) is 5.91 Å². The molecular formula is C9H17N3O3. The summed E-state index contributed by atoms with van der Waals surface area (Å²) in [4.78, 5) is 23.9. The summed E-state index contributed by atoms with van der Waals surface area (Å²) >= 11 is 0. The Kier molecular flexibility index (Phi) is 4.05. The number of ether oxygens (including phenoxy) is 1. The Bertz CT molecular complexity index is 257. The minimum absolute atomic E-state index is 0.109. The summed E-state index contributed by atoms with van der Waals surface area (Å²) in [5.41, 5.74) is 10.9. The van der Waals surface area contributed by atoms with Crippen LogP contribution in [0.25, 0.3) is 0 Å². The van der Waals surface area contributed by atoms with Crippen molar-refractivity contribution in [2.24, 2.45) is 17.4 Å². The molecule has 0 aromatic carbocycles. The maximum Gasteiger partial charge on any atom is 0.310 e. The molecule has 15 heavy (non-hydrogen) atoms. The van der Waals surface area contributed by atoms with Gasteiger partial charge < -0.3 is 16.2 Å². The number of esters is 1. The normalized spacial score (nSPS) is 27.3. The highest BCUT2D eigenvalue weighted by atomic mass is 16.5. The number of amides is 1. The van der Waals surface area contributed by atoms with E-state index in [9.17, 15) is 9.59 Å². The third-order valence-electron chi connectivity index (χ3n) is 2.47. The van der Waals surface area contributed by atoms with Gasteiger partial charge in [-0.1, -0.05) is 0 Å². The molecular weight excluding hydrogens is 198 g/mol. The number of likely N-dealkylation sites (tertiary alicyclic amines) is 1. The molecule has 1 rings (SSSR count). The molecule has 0 aliphatic carbocycles. The molecule has 0 saturated carbocycles. The van der Waals surface area contributed by atoms with E-state index in [0.717, 1.165) is 0 Å². The number of rotatable bonds is 3. The first kappa shape index (κ1) is 11.9. The number of piperidine rings is 1. The Morgan fingerprint density at radius 1 is 1.47 bits per heavy atom. The van der Waals surface area contributed by atoms with Gasteiger partial charge in [0.15, 0.2) is 0 Å². The molecule has 2 atom stereocenters. The zero-order valence-corrected chi connectivity index (χ0v) is 8.81. The Labute approximate surface area is 88.5 Å². The van der Waals surface area contributed by atoms with E-state index < -0.39 is 5.91 Å². The molecule has 6 nitrogen and oxygen atoms in total. The highest BCUT2D eigenvalue weighted by Gasteiger charge is 2.30. The maximum atomic E-state index is 11.3. The van der Waals surface area contributed by atoms with Gasteiger partial charge in [-0.25, -0.2) is 0 Å². The van der Waals surface area contributed by atoms with Crippen LogP contribution >= 0.6 is 0 Å². The molecule has 1 fully saturated rings. The van der Waals surface area contributed by atoms with Crippen LogP contribution in [0.2, 0.25) is 0 Å². The standard InChI is InChI=1S/C9H17N3O3/c1-15-9(14)6-2-7(10)4-12(3-6)5-8(11)13/h6-7H,2-5,10H2,1H3,(H2,11,13). The maximum absolute atomic E-state index is 11.3. The van der Waals surface area contributed by atoms with Crippen molar-refractivity contribution in [3.63, 3.8) is 0 Å². The fraction of sp³-hybridized carbons (Fsp3) is 0.778. The number of hydrogen-bond donors (Lipinski definition) is 2. The lowest BCUT2D eigenvalue weighted by Crippen LogP contribution is -2.51. The fourth-order valence-electron chi connectivity index (χ4n) is 1.92. The van der Waals surface area contributed by atoms with Crippen LogP contribution in [0.3, 0.4) is 0 Å². The summed E-state index contributed by atoms with van der Waals surface area (Å²) < 4.78 is 4.65. The van der Waals surface area contributed by atoms with Crippen molar-refractivity contribution in [1.29, 1.82) is 0 Å². The lowest BCUT2D eigenvalue weighted by atomic mass is 9.95. The van der Waals surface area contributed by atoms with Crippen LogP contribution in [0.4, 0.5) is 0 Å².